The number of hydrogen-bond acceptors (Lipinski definition) is 3. The van der Waals surface area contributed by atoms with Gasteiger partial charge < -0.3 is 10.6 Å². The third-order valence-electron chi connectivity index (χ3n) is 2.98. The van der Waals surface area contributed by atoms with Gasteiger partial charge in [0.1, 0.15) is 0 Å². The highest BCUT2D eigenvalue weighted by Crippen LogP contribution is 2.15. The van der Waals surface area contributed by atoms with Gasteiger partial charge in [-0.25, -0.2) is 0 Å². The van der Waals surface area contributed by atoms with E-state index < -0.39 is 0 Å². The Labute approximate surface area is 109 Å². The molecule has 0 aromatic rings. The van der Waals surface area contributed by atoms with Crippen molar-refractivity contribution in [1.82, 2.24) is 10.6 Å². The first-order valence-electron chi connectivity index (χ1n) is 6.49. The highest BCUT2D eigenvalue weighted by Gasteiger charge is 2.13. The molecule has 1 atom stereocenters. The zero-order valence-electron chi connectivity index (χ0n) is 10.5. The Balaban J connectivity index is 1.94. The molecule has 0 bridgehead atoms. The summed E-state index contributed by atoms with van der Waals surface area (Å²) in [5.74, 6) is 2.84. The van der Waals surface area contributed by atoms with Crippen LogP contribution in [0.4, 0.5) is 0 Å². The van der Waals surface area contributed by atoms with Crippen LogP contribution in [0.2, 0.25) is 0 Å². The first-order valence-corrected chi connectivity index (χ1v) is 7.64. The second-order valence-electron chi connectivity index (χ2n) is 4.46. The maximum Gasteiger partial charge on any atom is 0.220 e. The van der Waals surface area contributed by atoms with Crippen LogP contribution in [0.5, 0.6) is 0 Å². The van der Waals surface area contributed by atoms with Crippen molar-refractivity contribution in [2.45, 2.75) is 25.7 Å². The van der Waals surface area contributed by atoms with E-state index in [1.807, 2.05) is 6.08 Å². The summed E-state index contributed by atoms with van der Waals surface area (Å²) in [7, 11) is 0. The lowest BCUT2D eigenvalue weighted by molar-refractivity contribution is -0.121. The summed E-state index contributed by atoms with van der Waals surface area (Å²) in [6.07, 6.45) is 6.12. The largest absolute Gasteiger partial charge is 0.355 e. The first kappa shape index (κ1) is 14.6. The lowest BCUT2D eigenvalue weighted by atomic mass is 9.94. The molecule has 1 rings (SSSR count). The summed E-state index contributed by atoms with van der Waals surface area (Å²) in [6, 6.07) is 0. The Morgan fingerprint density at radius 2 is 2.47 bits per heavy atom. The molecule has 2 N–H and O–H groups in total. The van der Waals surface area contributed by atoms with Gasteiger partial charge in [-0.2, -0.15) is 11.8 Å². The molecule has 98 valence electrons. The maximum atomic E-state index is 11.6. The van der Waals surface area contributed by atoms with E-state index in [2.05, 4.69) is 17.2 Å². The smallest absolute Gasteiger partial charge is 0.220 e. The van der Waals surface area contributed by atoms with Crippen molar-refractivity contribution in [3.05, 3.63) is 12.7 Å². The van der Waals surface area contributed by atoms with Crippen molar-refractivity contribution in [2.75, 3.05) is 31.1 Å². The molecule has 4 heteroatoms. The molecular weight excluding hydrogens is 232 g/mol. The number of nitrogens with one attached hydrogen (secondary N) is 2. The molecule has 0 spiro atoms. The Morgan fingerprint density at radius 3 is 3.18 bits per heavy atom. The van der Waals surface area contributed by atoms with Crippen LogP contribution >= 0.6 is 11.8 Å². The summed E-state index contributed by atoms with van der Waals surface area (Å²) < 4.78 is 0. The molecule has 1 unspecified atom stereocenters. The number of carbonyl (C=O) groups is 1. The quantitative estimate of drug-likeness (QED) is 0.514. The summed E-state index contributed by atoms with van der Waals surface area (Å²) in [5.41, 5.74) is 0. The van der Waals surface area contributed by atoms with Gasteiger partial charge in [0.2, 0.25) is 5.91 Å². The molecule has 1 amide bonds. The van der Waals surface area contributed by atoms with Crippen LogP contribution in [-0.2, 0) is 4.79 Å². The molecule has 0 radical (unpaired) electrons. The van der Waals surface area contributed by atoms with Crippen molar-refractivity contribution in [3.63, 3.8) is 0 Å². The van der Waals surface area contributed by atoms with Gasteiger partial charge in [0.25, 0.3) is 0 Å². The number of piperidine rings is 1. The average Bonchev–Trinajstić information content (AvgIpc) is 2.37. The lowest BCUT2D eigenvalue weighted by Crippen LogP contribution is -2.31. The number of rotatable bonds is 8. The highest BCUT2D eigenvalue weighted by molar-refractivity contribution is 7.99. The molecule has 1 saturated heterocycles. The molecule has 0 aromatic heterocycles. The fraction of sp³-hybridized carbons (Fsp3) is 0.769. The SMILES string of the molecule is C=CCSCCNC(=O)CCC1CCCNC1. The summed E-state index contributed by atoms with van der Waals surface area (Å²) >= 11 is 1.80. The van der Waals surface area contributed by atoms with Crippen molar-refractivity contribution in [3.8, 4) is 0 Å². The average molecular weight is 256 g/mol. The van der Waals surface area contributed by atoms with Crippen LogP contribution in [0.15, 0.2) is 12.7 Å². The van der Waals surface area contributed by atoms with E-state index in [4.69, 9.17) is 0 Å². The maximum absolute atomic E-state index is 11.6. The Hall–Kier alpha value is -0.480. The van der Waals surface area contributed by atoms with Crippen LogP contribution in [0, 0.1) is 5.92 Å². The van der Waals surface area contributed by atoms with Crippen molar-refractivity contribution in [2.24, 2.45) is 5.92 Å². The molecule has 1 aliphatic heterocycles. The van der Waals surface area contributed by atoms with Crippen LogP contribution in [0.1, 0.15) is 25.7 Å². The van der Waals surface area contributed by atoms with Crippen LogP contribution in [0.25, 0.3) is 0 Å². The van der Waals surface area contributed by atoms with Gasteiger partial charge in [-0.1, -0.05) is 6.08 Å². The van der Waals surface area contributed by atoms with E-state index in [0.29, 0.717) is 12.3 Å². The van der Waals surface area contributed by atoms with E-state index in [9.17, 15) is 4.79 Å². The minimum absolute atomic E-state index is 0.203. The molecular formula is C13H24N2OS. The second kappa shape index (κ2) is 9.54. The number of amides is 1. The molecule has 1 fully saturated rings. The van der Waals surface area contributed by atoms with E-state index in [1.165, 1.54) is 12.8 Å². The van der Waals surface area contributed by atoms with Gasteiger partial charge in [0.05, 0.1) is 0 Å². The molecule has 1 aliphatic rings. The van der Waals surface area contributed by atoms with Crippen molar-refractivity contribution < 1.29 is 4.79 Å². The molecule has 0 saturated carbocycles. The first-order chi connectivity index (χ1) is 8.33. The van der Waals surface area contributed by atoms with E-state index in [1.54, 1.807) is 11.8 Å². The van der Waals surface area contributed by atoms with Gasteiger partial charge >= 0.3 is 0 Å². The topological polar surface area (TPSA) is 41.1 Å². The molecule has 1 heterocycles. The van der Waals surface area contributed by atoms with Crippen LogP contribution in [0.3, 0.4) is 0 Å². The third kappa shape index (κ3) is 7.45. The van der Waals surface area contributed by atoms with Gasteiger partial charge in [0.15, 0.2) is 0 Å². The van der Waals surface area contributed by atoms with Gasteiger partial charge in [-0.3, -0.25) is 4.79 Å². The molecule has 0 aliphatic carbocycles. The van der Waals surface area contributed by atoms with Gasteiger partial charge in [-0.15, -0.1) is 6.58 Å². The second-order valence-corrected chi connectivity index (χ2v) is 5.61. The van der Waals surface area contributed by atoms with Gasteiger partial charge in [-0.05, 0) is 38.3 Å². The number of carbonyl (C=O) groups excluding carboxylic acids is 1. The predicted octanol–water partition coefficient (Wildman–Crippen LogP) is 1.80. The molecule has 17 heavy (non-hydrogen) atoms. The number of hydrogen-bond donors (Lipinski definition) is 2. The minimum atomic E-state index is 0.203. The number of thioether (sulfide) groups is 1. The van der Waals surface area contributed by atoms with Crippen molar-refractivity contribution in [1.29, 1.82) is 0 Å². The third-order valence-corrected chi connectivity index (χ3v) is 3.95. The molecule has 3 nitrogen and oxygen atoms in total. The normalized spacial score (nSPS) is 19.9. The molecule has 0 aromatic carbocycles. The summed E-state index contributed by atoms with van der Waals surface area (Å²) in [5, 5.41) is 6.35. The van der Waals surface area contributed by atoms with E-state index in [0.717, 1.165) is 37.6 Å². The Morgan fingerprint density at radius 1 is 1.59 bits per heavy atom. The van der Waals surface area contributed by atoms with E-state index >= 15 is 0 Å². The summed E-state index contributed by atoms with van der Waals surface area (Å²) in [4.78, 5) is 11.6. The fourth-order valence-electron chi connectivity index (χ4n) is 2.02. The standard InChI is InChI=1S/C13H24N2OS/c1-2-9-17-10-8-15-13(16)6-5-12-4-3-7-14-11-12/h2,12,14H,1,3-11H2,(H,15,16). The van der Waals surface area contributed by atoms with Crippen molar-refractivity contribution >= 4 is 17.7 Å². The zero-order chi connectivity index (χ0) is 12.3. The van der Waals surface area contributed by atoms with Crippen LogP contribution in [-0.4, -0.2) is 37.0 Å². The predicted molar refractivity (Wildman–Crippen MR) is 75.4 cm³/mol. The minimum Gasteiger partial charge on any atom is -0.355 e. The highest BCUT2D eigenvalue weighted by atomic mass is 32.2. The zero-order valence-corrected chi connectivity index (χ0v) is 11.4. The lowest BCUT2D eigenvalue weighted by Gasteiger charge is -2.22. The Bertz CT molecular complexity index is 227. The van der Waals surface area contributed by atoms with Gasteiger partial charge in [0, 0.05) is 24.5 Å². The van der Waals surface area contributed by atoms with Crippen LogP contribution < -0.4 is 10.6 Å². The summed E-state index contributed by atoms with van der Waals surface area (Å²) in [6.45, 7) is 6.67. The van der Waals surface area contributed by atoms with E-state index in [-0.39, 0.29) is 5.91 Å². The fourth-order valence-corrected chi connectivity index (χ4v) is 2.60. The monoisotopic (exact) mass is 256 g/mol. The Kier molecular flexibility index (Phi) is 8.18.